The quantitative estimate of drug-likeness (QED) is 0.688. The summed E-state index contributed by atoms with van der Waals surface area (Å²) < 4.78 is 4.79. The average Bonchev–Trinajstić information content (AvgIpc) is 2.29. The van der Waals surface area contributed by atoms with E-state index in [0.29, 0.717) is 11.3 Å². The number of benzene rings is 1. The number of carbonyl (C=O) groups is 2. The van der Waals surface area contributed by atoms with Gasteiger partial charge in [0.25, 0.3) is 5.91 Å². The maximum Gasteiger partial charge on any atom is 0.334 e. The minimum atomic E-state index is -1.07. The Kier molecular flexibility index (Phi) is 4.67. The monoisotopic (exact) mass is 252 g/mol. The molecule has 0 saturated carbocycles. The van der Waals surface area contributed by atoms with Crippen molar-refractivity contribution in [2.75, 3.05) is 19.0 Å². The first-order valence-corrected chi connectivity index (χ1v) is 5.35. The SMILES string of the molecule is COC(CNc1cc(C)ccc1C(N)=O)C(=O)O. The third kappa shape index (κ3) is 3.46. The van der Waals surface area contributed by atoms with Gasteiger partial charge in [0.2, 0.25) is 0 Å². The van der Waals surface area contributed by atoms with Gasteiger partial charge in [0.05, 0.1) is 12.1 Å². The molecule has 1 aromatic carbocycles. The molecule has 6 nitrogen and oxygen atoms in total. The number of carboxylic acids is 1. The molecule has 6 heteroatoms. The van der Waals surface area contributed by atoms with Crippen molar-refractivity contribution >= 4 is 17.6 Å². The van der Waals surface area contributed by atoms with Crippen LogP contribution in [0.5, 0.6) is 0 Å². The smallest absolute Gasteiger partial charge is 0.334 e. The van der Waals surface area contributed by atoms with Crippen molar-refractivity contribution in [2.45, 2.75) is 13.0 Å². The molecule has 1 aromatic rings. The lowest BCUT2D eigenvalue weighted by Gasteiger charge is -2.14. The normalized spacial score (nSPS) is 11.9. The molecule has 0 spiro atoms. The van der Waals surface area contributed by atoms with Gasteiger partial charge in [0.15, 0.2) is 6.10 Å². The topological polar surface area (TPSA) is 102 Å². The Morgan fingerprint density at radius 1 is 1.50 bits per heavy atom. The highest BCUT2D eigenvalue weighted by atomic mass is 16.5. The van der Waals surface area contributed by atoms with Crippen LogP contribution in [0.2, 0.25) is 0 Å². The number of nitrogens with one attached hydrogen (secondary N) is 1. The Hall–Kier alpha value is -2.08. The Bertz CT molecular complexity index is 459. The molecule has 1 amide bonds. The maximum atomic E-state index is 11.2. The number of aryl methyl sites for hydroxylation is 1. The molecule has 0 aliphatic carbocycles. The first-order valence-electron chi connectivity index (χ1n) is 5.35. The van der Waals surface area contributed by atoms with Gasteiger partial charge < -0.3 is 20.9 Å². The van der Waals surface area contributed by atoms with Gasteiger partial charge in [-0.05, 0) is 24.6 Å². The first kappa shape index (κ1) is 14.0. The van der Waals surface area contributed by atoms with Crippen LogP contribution >= 0.6 is 0 Å². The van der Waals surface area contributed by atoms with Crippen molar-refractivity contribution in [3.63, 3.8) is 0 Å². The van der Waals surface area contributed by atoms with Gasteiger partial charge in [0.1, 0.15) is 0 Å². The number of carbonyl (C=O) groups excluding carboxylic acids is 1. The maximum absolute atomic E-state index is 11.2. The van der Waals surface area contributed by atoms with Gasteiger partial charge in [-0.25, -0.2) is 4.79 Å². The molecule has 0 aliphatic heterocycles. The number of primary amides is 1. The molecule has 98 valence electrons. The molecule has 1 atom stereocenters. The number of amides is 1. The number of hydrogen-bond acceptors (Lipinski definition) is 4. The first-order chi connectivity index (χ1) is 8.45. The minimum Gasteiger partial charge on any atom is -0.479 e. The van der Waals surface area contributed by atoms with Crippen molar-refractivity contribution in [1.82, 2.24) is 0 Å². The van der Waals surface area contributed by atoms with E-state index >= 15 is 0 Å². The molecule has 1 rings (SSSR count). The van der Waals surface area contributed by atoms with E-state index in [4.69, 9.17) is 15.6 Å². The minimum absolute atomic E-state index is 0.0512. The summed E-state index contributed by atoms with van der Waals surface area (Å²) in [4.78, 5) is 22.0. The number of aliphatic carboxylic acids is 1. The number of rotatable bonds is 6. The van der Waals surface area contributed by atoms with Crippen LogP contribution in [0.3, 0.4) is 0 Å². The van der Waals surface area contributed by atoms with Crippen molar-refractivity contribution < 1.29 is 19.4 Å². The summed E-state index contributed by atoms with van der Waals surface area (Å²) in [6, 6.07) is 5.09. The summed E-state index contributed by atoms with van der Waals surface area (Å²) in [7, 11) is 1.31. The highest BCUT2D eigenvalue weighted by Crippen LogP contribution is 2.17. The van der Waals surface area contributed by atoms with Gasteiger partial charge in [0, 0.05) is 12.8 Å². The number of nitrogens with two attached hydrogens (primary N) is 1. The van der Waals surface area contributed by atoms with Crippen molar-refractivity contribution in [3.8, 4) is 0 Å². The molecular weight excluding hydrogens is 236 g/mol. The summed E-state index contributed by atoms with van der Waals surface area (Å²) in [5.74, 6) is -1.64. The number of anilines is 1. The fourth-order valence-electron chi connectivity index (χ4n) is 1.49. The van der Waals surface area contributed by atoms with Crippen molar-refractivity contribution in [1.29, 1.82) is 0 Å². The Labute approximate surface area is 105 Å². The molecule has 0 heterocycles. The zero-order valence-corrected chi connectivity index (χ0v) is 10.3. The van der Waals surface area contributed by atoms with Gasteiger partial charge in [-0.3, -0.25) is 4.79 Å². The van der Waals surface area contributed by atoms with Gasteiger partial charge in [-0.15, -0.1) is 0 Å². The summed E-state index contributed by atoms with van der Waals surface area (Å²) in [6.45, 7) is 1.91. The zero-order valence-electron chi connectivity index (χ0n) is 10.3. The molecule has 0 aromatic heterocycles. The van der Waals surface area contributed by atoms with Crippen LogP contribution in [0, 0.1) is 6.92 Å². The average molecular weight is 252 g/mol. The lowest BCUT2D eigenvalue weighted by molar-refractivity contribution is -0.147. The van der Waals surface area contributed by atoms with E-state index in [2.05, 4.69) is 5.32 Å². The van der Waals surface area contributed by atoms with Gasteiger partial charge in [-0.2, -0.15) is 0 Å². The van der Waals surface area contributed by atoms with Crippen LogP contribution in [0.25, 0.3) is 0 Å². The zero-order chi connectivity index (χ0) is 13.7. The van der Waals surface area contributed by atoms with E-state index in [1.807, 2.05) is 6.92 Å². The van der Waals surface area contributed by atoms with Crippen molar-refractivity contribution in [3.05, 3.63) is 29.3 Å². The number of ether oxygens (including phenoxy) is 1. The molecule has 0 radical (unpaired) electrons. The third-order valence-corrected chi connectivity index (χ3v) is 2.48. The summed E-state index contributed by atoms with van der Waals surface area (Å²) in [5.41, 5.74) is 7.00. The van der Waals surface area contributed by atoms with Crippen LogP contribution in [0.1, 0.15) is 15.9 Å². The number of carboxylic acid groups (broad SMARTS) is 1. The second-order valence-electron chi connectivity index (χ2n) is 3.86. The van der Waals surface area contributed by atoms with Crippen LogP contribution in [-0.2, 0) is 9.53 Å². The van der Waals surface area contributed by atoms with Crippen LogP contribution in [-0.4, -0.2) is 36.7 Å². The molecule has 4 N–H and O–H groups in total. The summed E-state index contributed by atoms with van der Waals surface area (Å²) in [5, 5.41) is 11.7. The van der Waals surface area contributed by atoms with Gasteiger partial charge in [-0.1, -0.05) is 6.07 Å². The Morgan fingerprint density at radius 3 is 2.67 bits per heavy atom. The lowest BCUT2D eigenvalue weighted by atomic mass is 10.1. The molecule has 18 heavy (non-hydrogen) atoms. The second kappa shape index (κ2) is 6.02. The molecule has 0 aliphatic rings. The standard InChI is InChI=1S/C12H16N2O4/c1-7-3-4-8(11(13)15)9(5-7)14-6-10(18-2)12(16)17/h3-5,10,14H,6H2,1-2H3,(H2,13,15)(H,16,17). The van der Waals surface area contributed by atoms with Gasteiger partial charge >= 0.3 is 5.97 Å². The third-order valence-electron chi connectivity index (χ3n) is 2.48. The Balaban J connectivity index is 2.86. The van der Waals surface area contributed by atoms with Crippen molar-refractivity contribution in [2.24, 2.45) is 5.73 Å². The van der Waals surface area contributed by atoms with E-state index in [1.54, 1.807) is 18.2 Å². The highest BCUT2D eigenvalue weighted by molar-refractivity contribution is 5.98. The predicted molar refractivity (Wildman–Crippen MR) is 66.6 cm³/mol. The molecule has 1 unspecified atom stereocenters. The molecule has 0 fully saturated rings. The fraction of sp³-hybridized carbons (Fsp3) is 0.333. The highest BCUT2D eigenvalue weighted by Gasteiger charge is 2.17. The number of hydrogen-bond donors (Lipinski definition) is 3. The summed E-state index contributed by atoms with van der Waals surface area (Å²) >= 11 is 0. The lowest BCUT2D eigenvalue weighted by Crippen LogP contribution is -2.31. The van der Waals surface area contributed by atoms with E-state index < -0.39 is 18.0 Å². The fourth-order valence-corrected chi connectivity index (χ4v) is 1.49. The second-order valence-corrected chi connectivity index (χ2v) is 3.86. The predicted octanol–water partition coefficient (Wildman–Crippen LogP) is 0.605. The van der Waals surface area contributed by atoms with E-state index in [0.717, 1.165) is 5.56 Å². The van der Waals surface area contributed by atoms with E-state index in [9.17, 15) is 9.59 Å². The molecule has 0 bridgehead atoms. The summed E-state index contributed by atoms with van der Waals surface area (Å²) in [6.07, 6.45) is -0.980. The molecular formula is C12H16N2O4. The molecule has 0 saturated heterocycles. The number of methoxy groups -OCH3 is 1. The van der Waals surface area contributed by atoms with E-state index in [-0.39, 0.29) is 6.54 Å². The van der Waals surface area contributed by atoms with E-state index in [1.165, 1.54) is 7.11 Å². The van der Waals surface area contributed by atoms with Crippen LogP contribution < -0.4 is 11.1 Å². The van der Waals surface area contributed by atoms with Crippen LogP contribution in [0.15, 0.2) is 18.2 Å². The van der Waals surface area contributed by atoms with Crippen LogP contribution in [0.4, 0.5) is 5.69 Å². The largest absolute Gasteiger partial charge is 0.479 e. The Morgan fingerprint density at radius 2 is 2.17 bits per heavy atom.